The highest BCUT2D eigenvalue weighted by Crippen LogP contribution is 2.14. The summed E-state index contributed by atoms with van der Waals surface area (Å²) >= 11 is 0. The van der Waals surface area contributed by atoms with Crippen LogP contribution in [0.25, 0.3) is 0 Å². The lowest BCUT2D eigenvalue weighted by molar-refractivity contribution is 0.456. The molecule has 86 valence electrons. The van der Waals surface area contributed by atoms with Crippen molar-refractivity contribution in [1.29, 1.82) is 0 Å². The zero-order chi connectivity index (χ0) is 11.4. The van der Waals surface area contributed by atoms with Crippen LogP contribution in [-0.4, -0.2) is 32.5 Å². The van der Waals surface area contributed by atoms with Gasteiger partial charge in [0, 0.05) is 18.8 Å². The Hall–Kier alpha value is -0.0900. The molecule has 14 heavy (non-hydrogen) atoms. The molecule has 0 aromatic heterocycles. The first-order valence-corrected chi connectivity index (χ1v) is 7.16. The smallest absolute Gasteiger partial charge is 0.151 e. The van der Waals surface area contributed by atoms with E-state index < -0.39 is 9.84 Å². The molecule has 0 rings (SSSR count). The molecule has 0 bridgehead atoms. The van der Waals surface area contributed by atoms with E-state index in [4.69, 9.17) is 0 Å². The van der Waals surface area contributed by atoms with E-state index in [9.17, 15) is 8.42 Å². The second-order valence-electron chi connectivity index (χ2n) is 4.32. The van der Waals surface area contributed by atoms with Crippen LogP contribution < -0.4 is 5.32 Å². The summed E-state index contributed by atoms with van der Waals surface area (Å²) in [6.07, 6.45) is 2.23. The number of sulfone groups is 1. The van der Waals surface area contributed by atoms with Crippen LogP contribution in [0.3, 0.4) is 0 Å². The van der Waals surface area contributed by atoms with Gasteiger partial charge in [-0.1, -0.05) is 34.1 Å². The summed E-state index contributed by atoms with van der Waals surface area (Å²) in [5.41, 5.74) is 0. The van der Waals surface area contributed by atoms with E-state index in [0.717, 1.165) is 6.42 Å². The maximum atomic E-state index is 11.5. The van der Waals surface area contributed by atoms with E-state index in [1.54, 1.807) is 0 Å². The molecule has 0 heterocycles. The van der Waals surface area contributed by atoms with Gasteiger partial charge in [-0.05, 0) is 5.92 Å². The summed E-state index contributed by atoms with van der Waals surface area (Å²) in [7, 11) is -2.93. The molecule has 2 unspecified atom stereocenters. The van der Waals surface area contributed by atoms with Crippen LogP contribution in [0.2, 0.25) is 0 Å². The van der Waals surface area contributed by atoms with Crippen LogP contribution in [0.5, 0.6) is 0 Å². The number of hydrogen-bond donors (Lipinski definition) is 1. The third-order valence-electron chi connectivity index (χ3n) is 2.56. The maximum Gasteiger partial charge on any atom is 0.151 e. The number of rotatable bonds is 6. The third-order valence-corrected chi connectivity index (χ3v) is 4.29. The van der Waals surface area contributed by atoms with Crippen LogP contribution in [-0.2, 0) is 9.84 Å². The largest absolute Gasteiger partial charge is 0.313 e. The van der Waals surface area contributed by atoms with Gasteiger partial charge in [-0.2, -0.15) is 0 Å². The first-order valence-electron chi connectivity index (χ1n) is 5.21. The van der Waals surface area contributed by atoms with Gasteiger partial charge in [-0.3, -0.25) is 0 Å². The van der Waals surface area contributed by atoms with E-state index in [1.807, 2.05) is 27.7 Å². The quantitative estimate of drug-likeness (QED) is 0.738. The molecule has 2 atom stereocenters. The van der Waals surface area contributed by atoms with Gasteiger partial charge in [0.15, 0.2) is 9.84 Å². The minimum absolute atomic E-state index is 0.219. The molecule has 0 aromatic rings. The molecule has 0 radical (unpaired) electrons. The maximum absolute atomic E-state index is 11.5. The molecule has 0 aliphatic rings. The molecule has 3 nitrogen and oxygen atoms in total. The fourth-order valence-electron chi connectivity index (χ4n) is 1.39. The van der Waals surface area contributed by atoms with E-state index >= 15 is 0 Å². The van der Waals surface area contributed by atoms with Crippen molar-refractivity contribution in [3.8, 4) is 0 Å². The summed E-state index contributed by atoms with van der Waals surface area (Å²) in [4.78, 5) is 0. The predicted molar refractivity (Wildman–Crippen MR) is 61.2 cm³/mol. The Kier molecular flexibility index (Phi) is 5.67. The van der Waals surface area contributed by atoms with E-state index in [2.05, 4.69) is 5.32 Å². The first-order chi connectivity index (χ1) is 6.29. The lowest BCUT2D eigenvalue weighted by Crippen LogP contribution is -2.40. The second-order valence-corrected chi connectivity index (χ2v) is 6.58. The number of hydrogen-bond acceptors (Lipinski definition) is 3. The van der Waals surface area contributed by atoms with Crippen molar-refractivity contribution in [3.63, 3.8) is 0 Å². The van der Waals surface area contributed by atoms with Crippen molar-refractivity contribution in [2.45, 2.75) is 45.4 Å². The van der Waals surface area contributed by atoms with Crippen molar-refractivity contribution >= 4 is 9.84 Å². The minimum Gasteiger partial charge on any atom is -0.313 e. The Labute approximate surface area is 88.2 Å². The predicted octanol–water partition coefficient (Wildman–Crippen LogP) is 1.44. The molecule has 0 saturated heterocycles. The van der Waals surface area contributed by atoms with Crippen molar-refractivity contribution in [3.05, 3.63) is 0 Å². The highest BCUT2D eigenvalue weighted by Gasteiger charge is 2.25. The van der Waals surface area contributed by atoms with Gasteiger partial charge in [0.25, 0.3) is 0 Å². The van der Waals surface area contributed by atoms with Crippen LogP contribution >= 0.6 is 0 Å². The van der Waals surface area contributed by atoms with Crippen LogP contribution in [0, 0.1) is 5.92 Å². The molecule has 0 fully saturated rings. The highest BCUT2D eigenvalue weighted by molar-refractivity contribution is 7.91. The van der Waals surface area contributed by atoms with Crippen LogP contribution in [0.1, 0.15) is 34.1 Å². The summed E-state index contributed by atoms with van der Waals surface area (Å²) in [6, 6.07) is 0.336. The molecule has 0 spiro atoms. The molecular weight excluding hydrogens is 198 g/mol. The standard InChI is InChI=1S/C10H23NO2S/c1-6-9(4)10(14(5,12)13)7-11-8(2)3/h8-11H,6-7H2,1-5H3. The molecule has 0 aliphatic carbocycles. The Morgan fingerprint density at radius 3 is 2.00 bits per heavy atom. The molecule has 0 aliphatic heterocycles. The Bertz CT molecular complexity index is 247. The van der Waals surface area contributed by atoms with Gasteiger partial charge < -0.3 is 5.32 Å². The summed E-state index contributed by atoms with van der Waals surface area (Å²) < 4.78 is 23.0. The van der Waals surface area contributed by atoms with Gasteiger partial charge in [-0.25, -0.2) is 8.42 Å². The van der Waals surface area contributed by atoms with E-state index in [0.29, 0.717) is 12.6 Å². The van der Waals surface area contributed by atoms with Gasteiger partial charge in [0.1, 0.15) is 0 Å². The molecular formula is C10H23NO2S. The Morgan fingerprint density at radius 1 is 1.21 bits per heavy atom. The monoisotopic (exact) mass is 221 g/mol. The molecule has 4 heteroatoms. The summed E-state index contributed by atoms with van der Waals surface area (Å²) in [5, 5.41) is 2.93. The lowest BCUT2D eigenvalue weighted by atomic mass is 10.0. The fourth-order valence-corrected chi connectivity index (χ4v) is 2.82. The number of nitrogens with one attached hydrogen (secondary N) is 1. The zero-order valence-corrected chi connectivity index (χ0v) is 10.7. The van der Waals surface area contributed by atoms with Gasteiger partial charge in [0.2, 0.25) is 0 Å². The average molecular weight is 221 g/mol. The molecule has 0 amide bonds. The minimum atomic E-state index is -2.93. The SMILES string of the molecule is CCC(C)C(CNC(C)C)S(C)(=O)=O. The topological polar surface area (TPSA) is 46.2 Å². The van der Waals surface area contributed by atoms with Crippen LogP contribution in [0.15, 0.2) is 0 Å². The lowest BCUT2D eigenvalue weighted by Gasteiger charge is -2.22. The highest BCUT2D eigenvalue weighted by atomic mass is 32.2. The third kappa shape index (κ3) is 4.96. The Balaban J connectivity index is 4.42. The summed E-state index contributed by atoms with van der Waals surface area (Å²) in [5.74, 6) is 0.219. The average Bonchev–Trinajstić information content (AvgIpc) is 2.01. The van der Waals surface area contributed by atoms with Crippen molar-refractivity contribution in [2.75, 3.05) is 12.8 Å². The summed E-state index contributed by atoms with van der Waals surface area (Å²) in [6.45, 7) is 8.63. The first kappa shape index (κ1) is 13.9. The van der Waals surface area contributed by atoms with Crippen molar-refractivity contribution in [2.24, 2.45) is 5.92 Å². The van der Waals surface area contributed by atoms with Crippen molar-refractivity contribution < 1.29 is 8.42 Å². The normalized spacial score (nSPS) is 17.0. The molecule has 0 saturated carbocycles. The molecule has 1 N–H and O–H groups in total. The van der Waals surface area contributed by atoms with E-state index in [1.165, 1.54) is 6.26 Å². The zero-order valence-electron chi connectivity index (χ0n) is 9.87. The Morgan fingerprint density at radius 2 is 1.71 bits per heavy atom. The van der Waals surface area contributed by atoms with Crippen molar-refractivity contribution in [1.82, 2.24) is 5.32 Å². The van der Waals surface area contributed by atoms with Gasteiger partial charge >= 0.3 is 0 Å². The molecule has 0 aromatic carbocycles. The van der Waals surface area contributed by atoms with Gasteiger partial charge in [0.05, 0.1) is 5.25 Å². The second kappa shape index (κ2) is 5.71. The van der Waals surface area contributed by atoms with E-state index in [-0.39, 0.29) is 11.2 Å². The fraction of sp³-hybridized carbons (Fsp3) is 1.00. The van der Waals surface area contributed by atoms with Crippen LogP contribution in [0.4, 0.5) is 0 Å². The van der Waals surface area contributed by atoms with Gasteiger partial charge in [-0.15, -0.1) is 0 Å².